The first kappa shape index (κ1) is 16.9. The standard InChI is InChI=1S/C19H20N4O2S/c24-17(20-15-5-2-1-3-6-15)10-12-26-19-22-21-18(14-8-9-14)23(19)13-16-7-4-11-25-16/h1-7,11,14H,8-10,12-13H2,(H,20,24). The van der Waals surface area contributed by atoms with Gasteiger partial charge in [-0.3, -0.25) is 9.36 Å². The second-order valence-corrected chi connectivity index (χ2v) is 7.36. The summed E-state index contributed by atoms with van der Waals surface area (Å²) < 4.78 is 7.60. The Hall–Kier alpha value is -2.54. The maximum atomic E-state index is 12.1. The van der Waals surface area contributed by atoms with Crippen molar-refractivity contribution < 1.29 is 9.21 Å². The second-order valence-electron chi connectivity index (χ2n) is 6.29. The van der Waals surface area contributed by atoms with E-state index >= 15 is 0 Å². The fourth-order valence-electron chi connectivity index (χ4n) is 2.74. The number of benzene rings is 1. The SMILES string of the molecule is O=C(CCSc1nnc(C2CC2)n1Cc1ccco1)Nc1ccccc1. The molecule has 3 aromatic rings. The summed E-state index contributed by atoms with van der Waals surface area (Å²) in [5.74, 6) is 3.07. The number of thioether (sulfide) groups is 1. The number of carbonyl (C=O) groups excluding carboxylic acids is 1. The second kappa shape index (κ2) is 7.78. The van der Waals surface area contributed by atoms with E-state index in [9.17, 15) is 4.79 Å². The van der Waals surface area contributed by atoms with Crippen LogP contribution in [0, 0.1) is 0 Å². The molecule has 1 fully saturated rings. The maximum absolute atomic E-state index is 12.1. The van der Waals surface area contributed by atoms with Crippen molar-refractivity contribution in [3.8, 4) is 0 Å². The van der Waals surface area contributed by atoms with Gasteiger partial charge < -0.3 is 9.73 Å². The summed E-state index contributed by atoms with van der Waals surface area (Å²) in [5.41, 5.74) is 0.819. The Morgan fingerprint density at radius 1 is 1.19 bits per heavy atom. The van der Waals surface area contributed by atoms with E-state index in [1.54, 1.807) is 18.0 Å². The van der Waals surface area contributed by atoms with E-state index in [4.69, 9.17) is 4.42 Å². The normalized spacial score (nSPS) is 13.7. The van der Waals surface area contributed by atoms with Crippen LogP contribution < -0.4 is 5.32 Å². The van der Waals surface area contributed by atoms with Gasteiger partial charge in [-0.05, 0) is 37.1 Å². The number of aromatic nitrogens is 3. The third kappa shape index (κ3) is 4.16. The van der Waals surface area contributed by atoms with Gasteiger partial charge in [0.25, 0.3) is 0 Å². The number of carbonyl (C=O) groups is 1. The van der Waals surface area contributed by atoms with Crippen LogP contribution in [0.25, 0.3) is 0 Å². The highest BCUT2D eigenvalue weighted by atomic mass is 32.2. The zero-order chi connectivity index (χ0) is 17.8. The van der Waals surface area contributed by atoms with E-state index in [1.807, 2.05) is 42.5 Å². The number of rotatable bonds is 8. The van der Waals surface area contributed by atoms with Crippen molar-refractivity contribution in [1.29, 1.82) is 0 Å². The van der Waals surface area contributed by atoms with Gasteiger partial charge >= 0.3 is 0 Å². The lowest BCUT2D eigenvalue weighted by Crippen LogP contribution is -2.12. The van der Waals surface area contributed by atoms with Gasteiger partial charge in [0.2, 0.25) is 5.91 Å². The summed E-state index contributed by atoms with van der Waals surface area (Å²) in [7, 11) is 0. The highest BCUT2D eigenvalue weighted by molar-refractivity contribution is 7.99. The first-order valence-corrected chi connectivity index (χ1v) is 9.71. The third-order valence-electron chi connectivity index (χ3n) is 4.20. The van der Waals surface area contributed by atoms with Crippen molar-refractivity contribution in [2.24, 2.45) is 0 Å². The Bertz CT molecular complexity index is 857. The van der Waals surface area contributed by atoms with Crippen molar-refractivity contribution >= 4 is 23.4 Å². The minimum atomic E-state index is 0.00298. The average molecular weight is 368 g/mol. The molecule has 0 spiro atoms. The first-order valence-electron chi connectivity index (χ1n) is 8.73. The summed E-state index contributed by atoms with van der Waals surface area (Å²) in [5, 5.41) is 12.5. The number of hydrogen-bond donors (Lipinski definition) is 1. The Labute approximate surface area is 156 Å². The Morgan fingerprint density at radius 3 is 2.77 bits per heavy atom. The predicted molar refractivity (Wildman–Crippen MR) is 100 cm³/mol. The van der Waals surface area contributed by atoms with Gasteiger partial charge in [-0.15, -0.1) is 10.2 Å². The number of para-hydroxylation sites is 1. The zero-order valence-corrected chi connectivity index (χ0v) is 15.1. The number of nitrogens with one attached hydrogen (secondary N) is 1. The number of furan rings is 1. The molecule has 0 aliphatic heterocycles. The van der Waals surface area contributed by atoms with Gasteiger partial charge in [0.15, 0.2) is 5.16 Å². The molecule has 1 aromatic carbocycles. The summed E-state index contributed by atoms with van der Waals surface area (Å²) in [4.78, 5) is 12.1. The Kier molecular flexibility index (Phi) is 5.06. The minimum absolute atomic E-state index is 0.00298. The summed E-state index contributed by atoms with van der Waals surface area (Å²) in [6.07, 6.45) is 4.43. The molecule has 1 saturated carbocycles. The molecule has 0 atom stereocenters. The lowest BCUT2D eigenvalue weighted by molar-refractivity contribution is -0.115. The van der Waals surface area contributed by atoms with Crippen LogP contribution in [0.2, 0.25) is 0 Å². The highest BCUT2D eigenvalue weighted by Crippen LogP contribution is 2.40. The molecule has 0 unspecified atom stereocenters. The van der Waals surface area contributed by atoms with Crippen LogP contribution in [0.3, 0.4) is 0 Å². The molecule has 26 heavy (non-hydrogen) atoms. The van der Waals surface area contributed by atoms with Gasteiger partial charge in [-0.25, -0.2) is 0 Å². The van der Waals surface area contributed by atoms with E-state index in [0.717, 1.165) is 22.4 Å². The fraction of sp³-hybridized carbons (Fsp3) is 0.316. The molecular formula is C19H20N4O2S. The van der Waals surface area contributed by atoms with Crippen LogP contribution in [0.5, 0.6) is 0 Å². The Balaban J connectivity index is 1.36. The van der Waals surface area contributed by atoms with E-state index < -0.39 is 0 Å². The molecule has 7 heteroatoms. The molecular weight excluding hydrogens is 348 g/mol. The Morgan fingerprint density at radius 2 is 2.04 bits per heavy atom. The largest absolute Gasteiger partial charge is 0.467 e. The van der Waals surface area contributed by atoms with Crippen molar-refractivity contribution in [3.63, 3.8) is 0 Å². The molecule has 1 amide bonds. The highest BCUT2D eigenvalue weighted by Gasteiger charge is 2.30. The molecule has 1 aliphatic rings. The van der Waals surface area contributed by atoms with Gasteiger partial charge in [-0.2, -0.15) is 0 Å². The third-order valence-corrected chi connectivity index (χ3v) is 5.17. The van der Waals surface area contributed by atoms with E-state index in [2.05, 4.69) is 20.1 Å². The first-order chi connectivity index (χ1) is 12.8. The molecule has 2 aromatic heterocycles. The lowest BCUT2D eigenvalue weighted by atomic mass is 10.3. The number of anilines is 1. The van der Waals surface area contributed by atoms with Gasteiger partial charge in [0, 0.05) is 23.8 Å². The van der Waals surface area contributed by atoms with Crippen molar-refractivity contribution in [1.82, 2.24) is 14.8 Å². The van der Waals surface area contributed by atoms with Crippen LogP contribution in [0.15, 0.2) is 58.3 Å². The zero-order valence-electron chi connectivity index (χ0n) is 14.3. The summed E-state index contributed by atoms with van der Waals surface area (Å²) in [6, 6.07) is 13.3. The molecule has 4 rings (SSSR count). The number of amides is 1. The molecule has 0 radical (unpaired) electrons. The quantitative estimate of drug-likeness (QED) is 0.610. The minimum Gasteiger partial charge on any atom is -0.467 e. The molecule has 6 nitrogen and oxygen atoms in total. The van der Waals surface area contributed by atoms with Crippen LogP contribution in [-0.2, 0) is 11.3 Å². The number of nitrogens with zero attached hydrogens (tertiary/aromatic N) is 3. The molecule has 1 aliphatic carbocycles. The molecule has 2 heterocycles. The van der Waals surface area contributed by atoms with Crippen LogP contribution in [0.4, 0.5) is 5.69 Å². The number of hydrogen-bond acceptors (Lipinski definition) is 5. The van der Waals surface area contributed by atoms with Gasteiger partial charge in [0.1, 0.15) is 11.6 Å². The fourth-order valence-corrected chi connectivity index (χ4v) is 3.62. The summed E-state index contributed by atoms with van der Waals surface area (Å²) >= 11 is 1.56. The van der Waals surface area contributed by atoms with E-state index in [-0.39, 0.29) is 5.91 Å². The van der Waals surface area contributed by atoms with Crippen molar-refractivity contribution in [3.05, 3.63) is 60.3 Å². The average Bonchev–Trinajstić information content (AvgIpc) is 3.21. The topological polar surface area (TPSA) is 73.0 Å². The van der Waals surface area contributed by atoms with Gasteiger partial charge in [-0.1, -0.05) is 30.0 Å². The van der Waals surface area contributed by atoms with Gasteiger partial charge in [0.05, 0.1) is 12.8 Å². The lowest BCUT2D eigenvalue weighted by Gasteiger charge is -2.08. The van der Waals surface area contributed by atoms with Crippen molar-refractivity contribution in [2.45, 2.75) is 36.9 Å². The monoisotopic (exact) mass is 368 g/mol. The van der Waals surface area contributed by atoms with E-state index in [0.29, 0.717) is 24.6 Å². The van der Waals surface area contributed by atoms with Crippen LogP contribution in [-0.4, -0.2) is 26.4 Å². The van der Waals surface area contributed by atoms with E-state index in [1.165, 1.54) is 12.8 Å². The maximum Gasteiger partial charge on any atom is 0.225 e. The molecule has 134 valence electrons. The molecule has 1 N–H and O–H groups in total. The van der Waals surface area contributed by atoms with Crippen LogP contribution >= 0.6 is 11.8 Å². The van der Waals surface area contributed by atoms with Crippen LogP contribution in [0.1, 0.15) is 36.8 Å². The summed E-state index contributed by atoms with van der Waals surface area (Å²) in [6.45, 7) is 0.629. The van der Waals surface area contributed by atoms with Crippen molar-refractivity contribution in [2.75, 3.05) is 11.1 Å². The smallest absolute Gasteiger partial charge is 0.225 e. The molecule has 0 saturated heterocycles. The molecule has 0 bridgehead atoms. The predicted octanol–water partition coefficient (Wildman–Crippen LogP) is 3.92.